The minimum absolute atomic E-state index is 0.195. The highest BCUT2D eigenvalue weighted by Crippen LogP contribution is 2.23. The second kappa shape index (κ2) is 7.99. The van der Waals surface area contributed by atoms with Crippen molar-refractivity contribution in [1.82, 2.24) is 0 Å². The fourth-order valence-electron chi connectivity index (χ4n) is 3.34. The van der Waals surface area contributed by atoms with E-state index in [4.69, 9.17) is 4.74 Å². The van der Waals surface area contributed by atoms with Crippen molar-refractivity contribution in [3.63, 3.8) is 0 Å². The van der Waals surface area contributed by atoms with Gasteiger partial charge in [-0.15, -0.1) is 0 Å². The standard InChI is InChI=1S/C23H23NO5/c1-13-11-15(3)19(12-14(13)2)22(27)16(4)29-23(28)17-5-7-18(8-6-17)24-20(25)9-10-21(24)26/h5-8,11-12,16H,9-10H2,1-4H3. The molecule has 6 nitrogen and oxygen atoms in total. The van der Waals surface area contributed by atoms with Crippen molar-refractivity contribution < 1.29 is 23.9 Å². The first kappa shape index (κ1) is 20.5. The monoisotopic (exact) mass is 393 g/mol. The van der Waals surface area contributed by atoms with E-state index in [0.717, 1.165) is 21.6 Å². The van der Waals surface area contributed by atoms with E-state index < -0.39 is 12.1 Å². The summed E-state index contributed by atoms with van der Waals surface area (Å²) >= 11 is 0. The van der Waals surface area contributed by atoms with E-state index in [1.807, 2.05) is 32.9 Å². The van der Waals surface area contributed by atoms with Gasteiger partial charge in [0.05, 0.1) is 11.3 Å². The van der Waals surface area contributed by atoms with Crippen LogP contribution in [0.3, 0.4) is 0 Å². The largest absolute Gasteiger partial charge is 0.451 e. The molecule has 1 aliphatic heterocycles. The van der Waals surface area contributed by atoms with Crippen LogP contribution < -0.4 is 4.90 Å². The number of rotatable bonds is 5. The van der Waals surface area contributed by atoms with Gasteiger partial charge >= 0.3 is 5.97 Å². The summed E-state index contributed by atoms with van der Waals surface area (Å²) in [7, 11) is 0. The molecule has 1 saturated heterocycles. The van der Waals surface area contributed by atoms with E-state index in [1.54, 1.807) is 6.92 Å². The molecule has 0 N–H and O–H groups in total. The minimum atomic E-state index is -0.940. The molecule has 2 aromatic rings. The van der Waals surface area contributed by atoms with E-state index in [9.17, 15) is 19.2 Å². The molecule has 0 saturated carbocycles. The molecule has 150 valence electrons. The van der Waals surface area contributed by atoms with Crippen LogP contribution in [0.2, 0.25) is 0 Å². The number of carbonyl (C=O) groups excluding carboxylic acids is 4. The van der Waals surface area contributed by atoms with Gasteiger partial charge in [0.1, 0.15) is 0 Å². The van der Waals surface area contributed by atoms with E-state index in [0.29, 0.717) is 11.3 Å². The molecule has 6 heteroatoms. The van der Waals surface area contributed by atoms with Crippen LogP contribution in [-0.2, 0) is 14.3 Å². The van der Waals surface area contributed by atoms with E-state index in [-0.39, 0.29) is 36.0 Å². The second-order valence-electron chi connectivity index (χ2n) is 7.33. The highest BCUT2D eigenvalue weighted by atomic mass is 16.5. The fraction of sp³-hybridized carbons (Fsp3) is 0.304. The molecule has 29 heavy (non-hydrogen) atoms. The quantitative estimate of drug-likeness (QED) is 0.440. The first-order valence-corrected chi connectivity index (χ1v) is 9.48. The molecule has 1 heterocycles. The van der Waals surface area contributed by atoms with Gasteiger partial charge in [-0.25, -0.2) is 4.79 Å². The third kappa shape index (κ3) is 4.11. The SMILES string of the molecule is Cc1cc(C)c(C(=O)C(C)OC(=O)c2ccc(N3C(=O)CCC3=O)cc2)cc1C. The molecule has 3 rings (SSSR count). The number of benzene rings is 2. The Labute approximate surface area is 169 Å². The number of Topliss-reactive ketones (excluding diaryl/α,β-unsaturated/α-hetero) is 1. The zero-order valence-electron chi connectivity index (χ0n) is 16.9. The lowest BCUT2D eigenvalue weighted by Crippen LogP contribution is -2.28. The number of anilines is 1. The van der Waals surface area contributed by atoms with Gasteiger partial charge in [0.2, 0.25) is 17.6 Å². The van der Waals surface area contributed by atoms with Crippen LogP contribution in [-0.4, -0.2) is 29.7 Å². The van der Waals surface area contributed by atoms with Crippen molar-refractivity contribution in [2.24, 2.45) is 0 Å². The summed E-state index contributed by atoms with van der Waals surface area (Å²) in [6.45, 7) is 7.31. The van der Waals surface area contributed by atoms with Gasteiger partial charge in [0.25, 0.3) is 0 Å². The molecule has 0 radical (unpaired) electrons. The lowest BCUT2D eigenvalue weighted by atomic mass is 9.96. The van der Waals surface area contributed by atoms with Gasteiger partial charge in [0.15, 0.2) is 6.10 Å². The molecule has 2 amide bonds. The third-order valence-corrected chi connectivity index (χ3v) is 5.17. The summed E-state index contributed by atoms with van der Waals surface area (Å²) in [4.78, 5) is 49.9. The van der Waals surface area contributed by atoms with Gasteiger partial charge in [-0.2, -0.15) is 0 Å². The molecular weight excluding hydrogens is 370 g/mol. The van der Waals surface area contributed by atoms with Gasteiger partial charge in [-0.1, -0.05) is 6.07 Å². The Balaban J connectivity index is 1.71. The Morgan fingerprint density at radius 3 is 2.03 bits per heavy atom. The predicted molar refractivity (Wildman–Crippen MR) is 108 cm³/mol. The van der Waals surface area contributed by atoms with Crippen molar-refractivity contribution in [3.8, 4) is 0 Å². The van der Waals surface area contributed by atoms with Gasteiger partial charge in [-0.05, 0) is 74.7 Å². The Hall–Kier alpha value is -3.28. The van der Waals surface area contributed by atoms with E-state index in [2.05, 4.69) is 0 Å². The molecule has 1 unspecified atom stereocenters. The van der Waals surface area contributed by atoms with Crippen LogP contribution in [0.15, 0.2) is 36.4 Å². The minimum Gasteiger partial charge on any atom is -0.451 e. The van der Waals surface area contributed by atoms with Crippen LogP contribution >= 0.6 is 0 Å². The molecule has 0 aromatic heterocycles. The Morgan fingerprint density at radius 1 is 0.897 bits per heavy atom. The number of hydrogen-bond acceptors (Lipinski definition) is 5. The van der Waals surface area contributed by atoms with Crippen LogP contribution in [0.1, 0.15) is 57.2 Å². The van der Waals surface area contributed by atoms with E-state index >= 15 is 0 Å². The highest BCUT2D eigenvalue weighted by molar-refractivity contribution is 6.19. The number of esters is 1. The number of imide groups is 1. The maximum atomic E-state index is 12.7. The van der Waals surface area contributed by atoms with Crippen molar-refractivity contribution in [2.75, 3.05) is 4.90 Å². The number of carbonyl (C=O) groups is 4. The number of amides is 2. The van der Waals surface area contributed by atoms with Crippen molar-refractivity contribution in [2.45, 2.75) is 46.6 Å². The van der Waals surface area contributed by atoms with Gasteiger partial charge in [0, 0.05) is 18.4 Å². The Bertz CT molecular complexity index is 991. The molecule has 0 bridgehead atoms. The second-order valence-corrected chi connectivity index (χ2v) is 7.33. The smallest absolute Gasteiger partial charge is 0.338 e. The normalized spacial score (nSPS) is 14.8. The first-order chi connectivity index (χ1) is 13.7. The fourth-order valence-corrected chi connectivity index (χ4v) is 3.34. The van der Waals surface area contributed by atoms with Crippen LogP contribution in [0.5, 0.6) is 0 Å². The van der Waals surface area contributed by atoms with Gasteiger partial charge < -0.3 is 4.74 Å². The maximum Gasteiger partial charge on any atom is 0.338 e. The average molecular weight is 393 g/mol. The topological polar surface area (TPSA) is 80.8 Å². The lowest BCUT2D eigenvalue weighted by molar-refractivity contribution is -0.121. The van der Waals surface area contributed by atoms with Crippen LogP contribution in [0.25, 0.3) is 0 Å². The average Bonchev–Trinajstić information content (AvgIpc) is 3.02. The highest BCUT2D eigenvalue weighted by Gasteiger charge is 2.30. The van der Waals surface area contributed by atoms with Gasteiger partial charge in [-0.3, -0.25) is 19.3 Å². The third-order valence-electron chi connectivity index (χ3n) is 5.17. The van der Waals surface area contributed by atoms with Crippen molar-refractivity contribution >= 4 is 29.3 Å². The van der Waals surface area contributed by atoms with Crippen molar-refractivity contribution in [3.05, 3.63) is 64.2 Å². The lowest BCUT2D eigenvalue weighted by Gasteiger charge is -2.16. The molecule has 1 fully saturated rings. The summed E-state index contributed by atoms with van der Waals surface area (Å²) in [5, 5.41) is 0. The summed E-state index contributed by atoms with van der Waals surface area (Å²) in [5.74, 6) is -1.41. The van der Waals surface area contributed by atoms with Crippen LogP contribution in [0.4, 0.5) is 5.69 Å². The molecule has 0 spiro atoms. The van der Waals surface area contributed by atoms with Crippen LogP contribution in [0, 0.1) is 20.8 Å². The van der Waals surface area contributed by atoms with Crippen molar-refractivity contribution in [1.29, 1.82) is 0 Å². The van der Waals surface area contributed by atoms with E-state index in [1.165, 1.54) is 24.3 Å². The zero-order chi connectivity index (χ0) is 21.3. The molecule has 1 aliphatic rings. The molecule has 2 aromatic carbocycles. The summed E-state index contributed by atoms with van der Waals surface area (Å²) < 4.78 is 5.35. The maximum absolute atomic E-state index is 12.7. The number of aryl methyl sites for hydroxylation is 3. The Kier molecular flexibility index (Phi) is 5.64. The molecular formula is C23H23NO5. The zero-order valence-corrected chi connectivity index (χ0v) is 16.9. The number of hydrogen-bond donors (Lipinski definition) is 0. The summed E-state index contributed by atoms with van der Waals surface area (Å²) in [6, 6.07) is 9.77. The number of ketones is 1. The molecule has 0 aliphatic carbocycles. The summed E-state index contributed by atoms with van der Waals surface area (Å²) in [5.41, 5.74) is 4.13. The first-order valence-electron chi connectivity index (χ1n) is 9.48. The predicted octanol–water partition coefficient (Wildman–Crippen LogP) is 3.69. The number of ether oxygens (including phenoxy) is 1. The Morgan fingerprint density at radius 2 is 1.45 bits per heavy atom. The summed E-state index contributed by atoms with van der Waals surface area (Å²) in [6.07, 6.45) is -0.551. The number of nitrogens with zero attached hydrogens (tertiary/aromatic N) is 1. The molecule has 1 atom stereocenters.